The van der Waals surface area contributed by atoms with Crippen molar-refractivity contribution >= 4 is 11.9 Å². The van der Waals surface area contributed by atoms with E-state index in [1.165, 1.54) is 0 Å². The minimum atomic E-state index is -0.849. The van der Waals surface area contributed by atoms with Crippen molar-refractivity contribution < 1.29 is 24.2 Å². The van der Waals surface area contributed by atoms with E-state index in [2.05, 4.69) is 0 Å². The average Bonchev–Trinajstić information content (AvgIpc) is 3.19. The third kappa shape index (κ3) is 1.68. The molecule has 2 saturated heterocycles. The number of epoxide rings is 1. The number of carboxylic acids is 1. The van der Waals surface area contributed by atoms with Crippen LogP contribution >= 0.6 is 0 Å². The molecule has 22 heavy (non-hydrogen) atoms. The van der Waals surface area contributed by atoms with E-state index >= 15 is 0 Å². The normalized spacial score (nSPS) is 42.1. The predicted octanol–water partition coefficient (Wildman–Crippen LogP) is 0.732. The highest BCUT2D eigenvalue weighted by Crippen LogP contribution is 2.58. The van der Waals surface area contributed by atoms with Crippen LogP contribution in [0.25, 0.3) is 0 Å². The number of aliphatic carboxylic acids is 1. The highest BCUT2D eigenvalue weighted by atomic mass is 16.6. The van der Waals surface area contributed by atoms with Crippen molar-refractivity contribution in [3.8, 4) is 0 Å². The van der Waals surface area contributed by atoms with Crippen molar-refractivity contribution in [2.75, 3.05) is 20.3 Å². The standard InChI is InChI=1S/C16H19NO5/c1-21-11-3-2-10-6-13(18)17-5-4-15(9-22-15)12(7-14(19)20)16(10,17)8-11/h2-3,6,11-12H,4-5,7-9H2,1H3,(H,19,20)/t11-,12+,15-,16-/m0/s1. The first-order valence-corrected chi connectivity index (χ1v) is 7.62. The lowest BCUT2D eigenvalue weighted by molar-refractivity contribution is -0.148. The summed E-state index contributed by atoms with van der Waals surface area (Å²) in [5.74, 6) is -1.10. The minimum absolute atomic E-state index is 0.00535. The number of carbonyl (C=O) groups excluding carboxylic acids is 1. The number of hydrogen-bond donors (Lipinski definition) is 1. The van der Waals surface area contributed by atoms with Crippen LogP contribution in [0.15, 0.2) is 23.8 Å². The van der Waals surface area contributed by atoms with Gasteiger partial charge in [0.15, 0.2) is 0 Å². The highest BCUT2D eigenvalue weighted by Gasteiger charge is 2.68. The number of rotatable bonds is 3. The first-order valence-electron chi connectivity index (χ1n) is 7.62. The topological polar surface area (TPSA) is 79.4 Å². The van der Waals surface area contributed by atoms with Gasteiger partial charge in [0.25, 0.3) is 0 Å². The molecule has 0 aromatic heterocycles. The Kier molecular flexibility index (Phi) is 2.81. The van der Waals surface area contributed by atoms with Crippen LogP contribution in [0.5, 0.6) is 0 Å². The number of ether oxygens (including phenoxy) is 2. The van der Waals surface area contributed by atoms with E-state index in [4.69, 9.17) is 9.47 Å². The van der Waals surface area contributed by atoms with Gasteiger partial charge in [-0.15, -0.1) is 0 Å². The van der Waals surface area contributed by atoms with E-state index < -0.39 is 11.5 Å². The number of hydrogen-bond acceptors (Lipinski definition) is 4. The van der Waals surface area contributed by atoms with Crippen molar-refractivity contribution in [3.05, 3.63) is 23.8 Å². The highest BCUT2D eigenvalue weighted by molar-refractivity contribution is 5.94. The molecule has 0 bridgehead atoms. The van der Waals surface area contributed by atoms with E-state index in [-0.39, 0.29) is 30.0 Å². The molecule has 0 aromatic rings. The van der Waals surface area contributed by atoms with Gasteiger partial charge >= 0.3 is 5.97 Å². The summed E-state index contributed by atoms with van der Waals surface area (Å²) in [6, 6.07) is 0. The Bertz CT molecular complexity index is 606. The van der Waals surface area contributed by atoms with Gasteiger partial charge in [0.05, 0.1) is 30.3 Å². The zero-order valence-corrected chi connectivity index (χ0v) is 12.4. The maximum absolute atomic E-state index is 12.4. The minimum Gasteiger partial charge on any atom is -0.481 e. The van der Waals surface area contributed by atoms with E-state index in [0.29, 0.717) is 26.0 Å². The quantitative estimate of drug-likeness (QED) is 0.778. The molecule has 4 rings (SSSR count). The lowest BCUT2D eigenvalue weighted by Gasteiger charge is -2.53. The fraction of sp³-hybridized carbons (Fsp3) is 0.625. The van der Waals surface area contributed by atoms with Gasteiger partial charge in [0.1, 0.15) is 0 Å². The molecule has 4 aliphatic rings. The van der Waals surface area contributed by atoms with Gasteiger partial charge in [-0.2, -0.15) is 0 Å². The summed E-state index contributed by atoms with van der Waals surface area (Å²) in [4.78, 5) is 25.7. The smallest absolute Gasteiger partial charge is 0.303 e. The lowest BCUT2D eigenvalue weighted by atomic mass is 9.62. The van der Waals surface area contributed by atoms with Crippen molar-refractivity contribution in [1.29, 1.82) is 0 Å². The van der Waals surface area contributed by atoms with Gasteiger partial charge in [-0.1, -0.05) is 12.2 Å². The Morgan fingerprint density at radius 1 is 1.59 bits per heavy atom. The average molecular weight is 305 g/mol. The number of carbonyl (C=O) groups is 2. The molecule has 118 valence electrons. The molecule has 1 N–H and O–H groups in total. The first-order chi connectivity index (χ1) is 10.5. The molecule has 0 aromatic carbocycles. The van der Waals surface area contributed by atoms with Crippen LogP contribution in [-0.4, -0.2) is 59.4 Å². The van der Waals surface area contributed by atoms with Gasteiger partial charge in [0, 0.05) is 32.1 Å². The molecule has 0 radical (unpaired) electrons. The summed E-state index contributed by atoms with van der Waals surface area (Å²) < 4.78 is 11.2. The molecule has 1 amide bonds. The second-order valence-corrected chi connectivity index (χ2v) is 6.61. The van der Waals surface area contributed by atoms with Gasteiger partial charge in [0.2, 0.25) is 5.91 Å². The van der Waals surface area contributed by atoms with Crippen LogP contribution in [0.2, 0.25) is 0 Å². The summed E-state index contributed by atoms with van der Waals surface area (Å²) >= 11 is 0. The Balaban J connectivity index is 1.83. The van der Waals surface area contributed by atoms with Crippen LogP contribution in [0.4, 0.5) is 0 Å². The Labute approximate surface area is 128 Å². The predicted molar refractivity (Wildman–Crippen MR) is 76.1 cm³/mol. The summed E-state index contributed by atoms with van der Waals surface area (Å²) in [5, 5.41) is 9.39. The summed E-state index contributed by atoms with van der Waals surface area (Å²) in [7, 11) is 1.64. The Morgan fingerprint density at radius 3 is 3.00 bits per heavy atom. The molecule has 1 aliphatic carbocycles. The number of methoxy groups -OCH3 is 1. The Morgan fingerprint density at radius 2 is 2.36 bits per heavy atom. The van der Waals surface area contributed by atoms with Crippen molar-refractivity contribution in [2.45, 2.75) is 36.5 Å². The Hall–Kier alpha value is -1.66. The molecule has 3 aliphatic heterocycles. The van der Waals surface area contributed by atoms with Gasteiger partial charge in [-0.25, -0.2) is 0 Å². The third-order valence-electron chi connectivity index (χ3n) is 5.70. The molecule has 6 nitrogen and oxygen atoms in total. The molecule has 6 heteroatoms. The summed E-state index contributed by atoms with van der Waals surface area (Å²) in [6.07, 6.45) is 6.72. The molecular formula is C16H19NO5. The maximum atomic E-state index is 12.4. The zero-order valence-electron chi connectivity index (χ0n) is 12.4. The first kappa shape index (κ1) is 14.0. The molecule has 3 heterocycles. The molecule has 2 fully saturated rings. The second-order valence-electron chi connectivity index (χ2n) is 6.61. The summed E-state index contributed by atoms with van der Waals surface area (Å²) in [5.41, 5.74) is -0.0755. The van der Waals surface area contributed by atoms with E-state index in [0.717, 1.165) is 5.57 Å². The maximum Gasteiger partial charge on any atom is 0.303 e. The molecule has 4 atom stereocenters. The van der Waals surface area contributed by atoms with Gasteiger partial charge < -0.3 is 19.5 Å². The monoisotopic (exact) mass is 305 g/mol. The molecule has 2 spiro atoms. The zero-order chi connectivity index (χ0) is 15.5. The largest absolute Gasteiger partial charge is 0.481 e. The summed E-state index contributed by atoms with van der Waals surface area (Å²) in [6.45, 7) is 1.20. The van der Waals surface area contributed by atoms with Gasteiger partial charge in [-0.3, -0.25) is 9.59 Å². The van der Waals surface area contributed by atoms with Crippen LogP contribution in [0, 0.1) is 5.92 Å². The number of piperidine rings is 1. The number of nitrogens with zero attached hydrogens (tertiary/aromatic N) is 1. The molecular weight excluding hydrogens is 286 g/mol. The molecule has 0 unspecified atom stereocenters. The van der Waals surface area contributed by atoms with Crippen LogP contribution in [-0.2, 0) is 19.1 Å². The van der Waals surface area contributed by atoms with Crippen molar-refractivity contribution in [2.24, 2.45) is 5.92 Å². The van der Waals surface area contributed by atoms with Crippen molar-refractivity contribution in [1.82, 2.24) is 4.90 Å². The SMILES string of the molecule is CO[C@H]1C=CC2=CC(=O)N3CC[C@]4(CO4)[C@@H](CC(=O)O)[C@]23C1. The van der Waals surface area contributed by atoms with Crippen LogP contribution in [0.3, 0.4) is 0 Å². The van der Waals surface area contributed by atoms with E-state index in [1.807, 2.05) is 17.1 Å². The number of amides is 1. The van der Waals surface area contributed by atoms with Crippen LogP contribution in [0.1, 0.15) is 19.3 Å². The van der Waals surface area contributed by atoms with E-state index in [9.17, 15) is 14.7 Å². The fourth-order valence-corrected chi connectivity index (χ4v) is 4.58. The molecule has 0 saturated carbocycles. The lowest BCUT2D eigenvalue weighted by Crippen LogP contribution is -2.64. The number of carboxylic acid groups (broad SMARTS) is 1. The van der Waals surface area contributed by atoms with Gasteiger partial charge in [-0.05, 0) is 12.0 Å². The second kappa shape index (κ2) is 4.43. The van der Waals surface area contributed by atoms with Crippen LogP contribution < -0.4 is 0 Å². The van der Waals surface area contributed by atoms with Crippen molar-refractivity contribution in [3.63, 3.8) is 0 Å². The fourth-order valence-electron chi connectivity index (χ4n) is 4.58. The van der Waals surface area contributed by atoms with E-state index in [1.54, 1.807) is 13.2 Å². The third-order valence-corrected chi connectivity index (χ3v) is 5.70.